The SMILES string of the molecule is OCC#Cc1csc(CN2C[C@@H](O)[C@H](N3CCN(c4ccccn4)CC3)C2)c1. The maximum Gasteiger partial charge on any atom is 0.128 e. The molecule has 2 aliphatic heterocycles. The summed E-state index contributed by atoms with van der Waals surface area (Å²) in [6.07, 6.45) is 1.53. The zero-order chi connectivity index (χ0) is 19.3. The Bertz CT molecular complexity index is 824. The van der Waals surface area contributed by atoms with Crippen molar-refractivity contribution in [3.05, 3.63) is 46.3 Å². The van der Waals surface area contributed by atoms with Gasteiger partial charge >= 0.3 is 0 Å². The fraction of sp³-hybridized carbons (Fsp3) is 0.476. The fourth-order valence-corrected chi connectivity index (χ4v) is 4.91. The molecule has 2 aliphatic rings. The van der Waals surface area contributed by atoms with Gasteiger partial charge in [-0.1, -0.05) is 17.9 Å². The first-order valence-electron chi connectivity index (χ1n) is 9.70. The van der Waals surface area contributed by atoms with Crippen LogP contribution in [0.1, 0.15) is 10.4 Å². The molecule has 0 amide bonds. The lowest BCUT2D eigenvalue weighted by molar-refractivity contribution is 0.0790. The first-order chi connectivity index (χ1) is 13.7. The van der Waals surface area contributed by atoms with Gasteiger partial charge in [0.05, 0.1) is 6.10 Å². The number of aliphatic hydroxyl groups excluding tert-OH is 2. The second-order valence-electron chi connectivity index (χ2n) is 7.30. The van der Waals surface area contributed by atoms with Crippen LogP contribution in [0.2, 0.25) is 0 Å². The molecule has 148 valence electrons. The van der Waals surface area contributed by atoms with Crippen LogP contribution in [0.15, 0.2) is 35.8 Å². The molecule has 2 atom stereocenters. The molecule has 2 saturated heterocycles. The van der Waals surface area contributed by atoms with E-state index < -0.39 is 0 Å². The highest BCUT2D eigenvalue weighted by Crippen LogP contribution is 2.23. The number of rotatable bonds is 4. The third kappa shape index (κ3) is 4.54. The van der Waals surface area contributed by atoms with Crippen molar-refractivity contribution >= 4 is 17.2 Å². The highest BCUT2D eigenvalue weighted by atomic mass is 32.1. The van der Waals surface area contributed by atoms with Crippen LogP contribution in [0.25, 0.3) is 0 Å². The number of piperazine rings is 1. The van der Waals surface area contributed by atoms with Gasteiger partial charge in [0.15, 0.2) is 0 Å². The Hall–Kier alpha value is -1.95. The van der Waals surface area contributed by atoms with E-state index in [2.05, 4.69) is 43.7 Å². The van der Waals surface area contributed by atoms with Gasteiger partial charge in [0.1, 0.15) is 12.4 Å². The fourth-order valence-electron chi connectivity index (χ4n) is 4.05. The first kappa shape index (κ1) is 19.4. The molecule has 0 bridgehead atoms. The van der Waals surface area contributed by atoms with Crippen LogP contribution in [0, 0.1) is 11.8 Å². The summed E-state index contributed by atoms with van der Waals surface area (Å²) < 4.78 is 0. The zero-order valence-corrected chi connectivity index (χ0v) is 16.7. The lowest BCUT2D eigenvalue weighted by Crippen LogP contribution is -2.53. The number of pyridine rings is 1. The highest BCUT2D eigenvalue weighted by Gasteiger charge is 2.36. The summed E-state index contributed by atoms with van der Waals surface area (Å²) >= 11 is 1.69. The van der Waals surface area contributed by atoms with E-state index in [-0.39, 0.29) is 18.8 Å². The molecule has 0 saturated carbocycles. The highest BCUT2D eigenvalue weighted by molar-refractivity contribution is 7.10. The lowest BCUT2D eigenvalue weighted by atomic mass is 10.1. The molecule has 0 aliphatic carbocycles. The van der Waals surface area contributed by atoms with E-state index in [0.29, 0.717) is 6.54 Å². The second-order valence-corrected chi connectivity index (χ2v) is 8.30. The number of likely N-dealkylation sites (tertiary alicyclic amines) is 1. The Balaban J connectivity index is 1.30. The molecule has 4 heterocycles. The Morgan fingerprint density at radius 3 is 2.79 bits per heavy atom. The summed E-state index contributed by atoms with van der Waals surface area (Å²) in [6, 6.07) is 8.30. The van der Waals surface area contributed by atoms with Crippen molar-refractivity contribution in [1.29, 1.82) is 0 Å². The van der Waals surface area contributed by atoms with Crippen molar-refractivity contribution in [3.63, 3.8) is 0 Å². The van der Waals surface area contributed by atoms with Gasteiger partial charge in [-0.25, -0.2) is 4.98 Å². The van der Waals surface area contributed by atoms with Gasteiger partial charge in [-0.05, 0) is 18.2 Å². The number of hydrogen-bond acceptors (Lipinski definition) is 7. The monoisotopic (exact) mass is 398 g/mol. The van der Waals surface area contributed by atoms with Gasteiger partial charge in [-0.3, -0.25) is 9.80 Å². The largest absolute Gasteiger partial charge is 0.390 e. The van der Waals surface area contributed by atoms with Crippen molar-refractivity contribution in [2.24, 2.45) is 0 Å². The zero-order valence-electron chi connectivity index (χ0n) is 15.9. The van der Waals surface area contributed by atoms with Crippen molar-refractivity contribution in [3.8, 4) is 11.8 Å². The van der Waals surface area contributed by atoms with Crippen LogP contribution < -0.4 is 4.90 Å². The minimum Gasteiger partial charge on any atom is -0.390 e. The van der Waals surface area contributed by atoms with E-state index in [0.717, 1.165) is 50.6 Å². The number of hydrogen-bond donors (Lipinski definition) is 2. The van der Waals surface area contributed by atoms with E-state index in [4.69, 9.17) is 5.11 Å². The topological polar surface area (TPSA) is 63.1 Å². The molecule has 0 spiro atoms. The summed E-state index contributed by atoms with van der Waals surface area (Å²) in [6.45, 7) is 6.11. The normalized spacial score (nSPS) is 23.6. The maximum atomic E-state index is 10.6. The Morgan fingerprint density at radius 2 is 2.04 bits per heavy atom. The number of β-amino-alcohol motifs (C(OH)–C–C–N with tert-alkyl or cyclic N) is 1. The minimum absolute atomic E-state index is 0.112. The minimum atomic E-state index is -0.310. The molecule has 0 aromatic carbocycles. The predicted molar refractivity (Wildman–Crippen MR) is 111 cm³/mol. The van der Waals surface area contributed by atoms with Crippen molar-refractivity contribution in [2.45, 2.75) is 18.7 Å². The van der Waals surface area contributed by atoms with Crippen LogP contribution in [-0.2, 0) is 6.54 Å². The van der Waals surface area contributed by atoms with Gasteiger partial charge in [0, 0.05) is 73.9 Å². The smallest absolute Gasteiger partial charge is 0.128 e. The van der Waals surface area contributed by atoms with Crippen molar-refractivity contribution in [1.82, 2.24) is 14.8 Å². The summed E-state index contributed by atoms with van der Waals surface area (Å²) in [5.74, 6) is 6.67. The molecular weight excluding hydrogens is 372 g/mol. The van der Waals surface area contributed by atoms with E-state index >= 15 is 0 Å². The van der Waals surface area contributed by atoms with Gasteiger partial charge in [0.25, 0.3) is 0 Å². The summed E-state index contributed by atoms with van der Waals surface area (Å²) in [5.41, 5.74) is 0.955. The first-order valence-corrected chi connectivity index (χ1v) is 10.6. The Kier molecular flexibility index (Phi) is 6.25. The van der Waals surface area contributed by atoms with Gasteiger partial charge in [-0.15, -0.1) is 11.3 Å². The average molecular weight is 399 g/mol. The van der Waals surface area contributed by atoms with Crippen molar-refractivity contribution in [2.75, 3.05) is 50.8 Å². The number of nitrogens with zero attached hydrogens (tertiary/aromatic N) is 4. The van der Waals surface area contributed by atoms with Crippen LogP contribution >= 0.6 is 11.3 Å². The summed E-state index contributed by atoms with van der Waals surface area (Å²) in [4.78, 5) is 12.8. The predicted octanol–water partition coefficient (Wildman–Crippen LogP) is 0.854. The van der Waals surface area contributed by atoms with Crippen molar-refractivity contribution < 1.29 is 10.2 Å². The van der Waals surface area contributed by atoms with E-state index in [1.54, 1.807) is 11.3 Å². The number of aromatic nitrogens is 1. The van der Waals surface area contributed by atoms with Gasteiger partial charge in [-0.2, -0.15) is 0 Å². The molecule has 2 fully saturated rings. The number of thiophene rings is 1. The summed E-state index contributed by atoms with van der Waals surface area (Å²) in [5, 5.41) is 21.5. The van der Waals surface area contributed by atoms with Crippen LogP contribution in [-0.4, -0.2) is 83.0 Å². The number of anilines is 1. The quantitative estimate of drug-likeness (QED) is 0.745. The van der Waals surface area contributed by atoms with E-state index in [9.17, 15) is 5.11 Å². The van der Waals surface area contributed by atoms with Crippen LogP contribution in [0.5, 0.6) is 0 Å². The Morgan fingerprint density at radius 1 is 1.18 bits per heavy atom. The molecule has 7 heteroatoms. The van der Waals surface area contributed by atoms with E-state index in [1.165, 1.54) is 4.88 Å². The lowest BCUT2D eigenvalue weighted by Gasteiger charge is -2.39. The third-order valence-electron chi connectivity index (χ3n) is 5.44. The molecule has 4 rings (SSSR count). The maximum absolute atomic E-state index is 10.6. The van der Waals surface area contributed by atoms with E-state index in [1.807, 2.05) is 23.7 Å². The molecule has 6 nitrogen and oxygen atoms in total. The average Bonchev–Trinajstić information content (AvgIpc) is 3.33. The second kappa shape index (κ2) is 9.03. The van der Waals surface area contributed by atoms with Gasteiger partial charge < -0.3 is 15.1 Å². The molecule has 2 aromatic rings. The number of aliphatic hydroxyl groups is 2. The Labute approximate surface area is 170 Å². The van der Waals surface area contributed by atoms with Crippen LogP contribution in [0.3, 0.4) is 0 Å². The molecular formula is C21H26N4O2S. The molecule has 28 heavy (non-hydrogen) atoms. The molecule has 0 unspecified atom stereocenters. The molecule has 0 radical (unpaired) electrons. The molecule has 2 N–H and O–H groups in total. The van der Waals surface area contributed by atoms with Gasteiger partial charge in [0.2, 0.25) is 0 Å². The standard InChI is InChI=1S/C21H26N4O2S/c26-11-3-4-17-12-18(28-16-17)13-23-14-19(20(27)15-23)24-7-9-25(10-8-24)21-5-1-2-6-22-21/h1-2,5-6,12,16,19-20,26-27H,7-11,13-15H2/t19-,20-/m1/s1. The van der Waals surface area contributed by atoms with Crippen LogP contribution in [0.4, 0.5) is 5.82 Å². The summed E-state index contributed by atoms with van der Waals surface area (Å²) in [7, 11) is 0. The third-order valence-corrected chi connectivity index (χ3v) is 6.36. The molecule has 2 aromatic heterocycles.